The molecule has 7 nitrogen and oxygen atoms in total. The smallest absolute Gasteiger partial charge is 0.336 e. The van der Waals surface area contributed by atoms with Crippen LogP contribution < -0.4 is 14.2 Å². The van der Waals surface area contributed by atoms with Gasteiger partial charge in [-0.1, -0.05) is 12.1 Å². The molecule has 0 fully saturated rings. The third-order valence-electron chi connectivity index (χ3n) is 4.89. The summed E-state index contributed by atoms with van der Waals surface area (Å²) in [5, 5.41) is 10.1. The van der Waals surface area contributed by atoms with E-state index in [1.165, 1.54) is 7.11 Å². The van der Waals surface area contributed by atoms with E-state index in [0.717, 1.165) is 0 Å². The number of fused-ring (bicyclic) bond motifs is 1. The van der Waals surface area contributed by atoms with Crippen molar-refractivity contribution in [1.82, 2.24) is 4.98 Å². The highest BCUT2D eigenvalue weighted by molar-refractivity contribution is 6.26. The van der Waals surface area contributed by atoms with Crippen molar-refractivity contribution in [1.29, 1.82) is 0 Å². The SMILES string of the molecule is COc1ccc(C(=O)/C(Cc2ccccn2)=C(\C(=O)O)c2ccc3c(c2)OCO3)cc1. The summed E-state index contributed by atoms with van der Waals surface area (Å²) in [7, 11) is 1.53. The number of rotatable bonds is 7. The molecular formula is C24H19NO6. The summed E-state index contributed by atoms with van der Waals surface area (Å²) in [6.07, 6.45) is 1.66. The van der Waals surface area contributed by atoms with Crippen LogP contribution in [0.4, 0.5) is 0 Å². The number of ketones is 1. The molecule has 0 aliphatic carbocycles. The predicted molar refractivity (Wildman–Crippen MR) is 112 cm³/mol. The lowest BCUT2D eigenvalue weighted by atomic mass is 9.90. The molecule has 1 aromatic heterocycles. The summed E-state index contributed by atoms with van der Waals surface area (Å²) in [5.74, 6) is -0.0531. The van der Waals surface area contributed by atoms with Gasteiger partial charge in [0, 0.05) is 29.4 Å². The minimum absolute atomic E-state index is 0.0573. The number of pyridine rings is 1. The van der Waals surface area contributed by atoms with Crippen molar-refractivity contribution in [2.75, 3.05) is 13.9 Å². The number of carboxylic acids is 1. The molecule has 3 aromatic rings. The number of methoxy groups -OCH3 is 1. The number of allylic oxidation sites excluding steroid dienone is 1. The number of carbonyl (C=O) groups excluding carboxylic acids is 1. The number of aliphatic carboxylic acids is 1. The first-order chi connectivity index (χ1) is 15.1. The van der Waals surface area contributed by atoms with Crippen molar-refractivity contribution >= 4 is 17.3 Å². The fraction of sp³-hybridized carbons (Fsp3) is 0.125. The van der Waals surface area contributed by atoms with Gasteiger partial charge >= 0.3 is 5.97 Å². The maximum atomic E-state index is 13.5. The molecule has 1 aliphatic rings. The minimum Gasteiger partial charge on any atom is -0.497 e. The number of carboxylic acid groups (broad SMARTS) is 1. The van der Waals surface area contributed by atoms with Gasteiger partial charge in [-0.15, -0.1) is 0 Å². The summed E-state index contributed by atoms with van der Waals surface area (Å²) < 4.78 is 15.9. The van der Waals surface area contributed by atoms with Gasteiger partial charge in [-0.3, -0.25) is 9.78 Å². The zero-order valence-electron chi connectivity index (χ0n) is 16.7. The Morgan fingerprint density at radius 1 is 1.00 bits per heavy atom. The largest absolute Gasteiger partial charge is 0.497 e. The Morgan fingerprint density at radius 2 is 1.74 bits per heavy atom. The monoisotopic (exact) mass is 417 g/mol. The number of carbonyl (C=O) groups is 2. The normalized spacial score (nSPS) is 12.8. The molecule has 0 spiro atoms. The lowest BCUT2D eigenvalue weighted by Gasteiger charge is -2.13. The van der Waals surface area contributed by atoms with Crippen molar-refractivity contribution in [3.63, 3.8) is 0 Å². The van der Waals surface area contributed by atoms with Gasteiger partial charge in [0.2, 0.25) is 6.79 Å². The van der Waals surface area contributed by atoms with E-state index >= 15 is 0 Å². The van der Waals surface area contributed by atoms with Crippen molar-refractivity contribution in [2.45, 2.75) is 6.42 Å². The number of ether oxygens (including phenoxy) is 3. The Kier molecular flexibility index (Phi) is 5.66. The van der Waals surface area contributed by atoms with Gasteiger partial charge in [0.05, 0.1) is 12.7 Å². The number of hydrogen-bond acceptors (Lipinski definition) is 6. The molecule has 0 saturated carbocycles. The van der Waals surface area contributed by atoms with E-state index < -0.39 is 11.8 Å². The Balaban J connectivity index is 1.86. The van der Waals surface area contributed by atoms with Gasteiger partial charge in [0.1, 0.15) is 5.75 Å². The van der Waals surface area contributed by atoms with Crippen LogP contribution in [-0.4, -0.2) is 35.7 Å². The van der Waals surface area contributed by atoms with Crippen LogP contribution in [0.15, 0.2) is 72.4 Å². The molecule has 0 unspecified atom stereocenters. The number of hydrogen-bond donors (Lipinski definition) is 1. The predicted octanol–water partition coefficient (Wildman–Crippen LogP) is 3.78. The molecule has 0 bridgehead atoms. The van der Waals surface area contributed by atoms with Gasteiger partial charge in [-0.05, 0) is 54.1 Å². The number of benzene rings is 2. The first kappa shape index (κ1) is 20.2. The van der Waals surface area contributed by atoms with E-state index in [1.807, 2.05) is 0 Å². The molecule has 7 heteroatoms. The molecule has 0 atom stereocenters. The fourth-order valence-electron chi connectivity index (χ4n) is 3.36. The van der Waals surface area contributed by atoms with E-state index in [9.17, 15) is 14.7 Å². The average Bonchev–Trinajstić information content (AvgIpc) is 3.27. The zero-order valence-corrected chi connectivity index (χ0v) is 16.7. The van der Waals surface area contributed by atoms with E-state index in [1.54, 1.807) is 66.9 Å². The van der Waals surface area contributed by atoms with Crippen molar-refractivity contribution < 1.29 is 28.9 Å². The van der Waals surface area contributed by atoms with Crippen LogP contribution >= 0.6 is 0 Å². The van der Waals surface area contributed by atoms with E-state index in [-0.39, 0.29) is 24.4 Å². The Hall–Kier alpha value is -4.13. The lowest BCUT2D eigenvalue weighted by molar-refractivity contribution is -0.130. The third-order valence-corrected chi connectivity index (χ3v) is 4.89. The van der Waals surface area contributed by atoms with Gasteiger partial charge in [0.15, 0.2) is 17.3 Å². The molecule has 2 heterocycles. The highest BCUT2D eigenvalue weighted by Crippen LogP contribution is 2.36. The maximum absolute atomic E-state index is 13.5. The van der Waals surface area contributed by atoms with Crippen LogP contribution in [0.25, 0.3) is 5.57 Å². The minimum atomic E-state index is -1.22. The van der Waals surface area contributed by atoms with Crippen molar-refractivity contribution in [3.05, 3.63) is 89.3 Å². The molecule has 31 heavy (non-hydrogen) atoms. The van der Waals surface area contributed by atoms with E-state index in [4.69, 9.17) is 14.2 Å². The highest BCUT2D eigenvalue weighted by Gasteiger charge is 2.26. The van der Waals surface area contributed by atoms with Crippen molar-refractivity contribution in [2.24, 2.45) is 0 Å². The first-order valence-corrected chi connectivity index (χ1v) is 9.52. The zero-order chi connectivity index (χ0) is 21.8. The molecule has 0 saturated heterocycles. The second-order valence-electron chi connectivity index (χ2n) is 6.78. The van der Waals surface area contributed by atoms with Gasteiger partial charge in [-0.25, -0.2) is 4.79 Å². The lowest BCUT2D eigenvalue weighted by Crippen LogP contribution is -2.14. The first-order valence-electron chi connectivity index (χ1n) is 9.52. The molecule has 4 rings (SSSR count). The molecule has 1 N–H and O–H groups in total. The summed E-state index contributed by atoms with van der Waals surface area (Å²) in [6, 6.07) is 16.7. The quantitative estimate of drug-likeness (QED) is 0.462. The summed E-state index contributed by atoms with van der Waals surface area (Å²) in [6.45, 7) is 0.0659. The van der Waals surface area contributed by atoms with Gasteiger partial charge in [-0.2, -0.15) is 0 Å². The third kappa shape index (κ3) is 4.25. The summed E-state index contributed by atoms with van der Waals surface area (Å²) in [4.78, 5) is 30.1. The molecule has 2 aromatic carbocycles. The number of Topliss-reactive ketones (excluding diaryl/α,β-unsaturated/α-hetero) is 1. The van der Waals surface area contributed by atoms with Crippen molar-refractivity contribution in [3.8, 4) is 17.2 Å². The second-order valence-corrected chi connectivity index (χ2v) is 6.78. The standard InChI is InChI=1S/C24H19NO6/c1-29-18-8-5-15(6-9-18)23(26)19(13-17-4-2-3-11-25-17)22(24(27)28)16-7-10-20-21(12-16)31-14-30-20/h2-12H,13-14H2,1H3,(H,27,28)/b22-19-. The molecule has 0 amide bonds. The average molecular weight is 417 g/mol. The summed E-state index contributed by atoms with van der Waals surface area (Å²) >= 11 is 0. The Morgan fingerprint density at radius 3 is 2.42 bits per heavy atom. The Bertz CT molecular complexity index is 1150. The van der Waals surface area contributed by atoms with Gasteiger partial charge in [0.25, 0.3) is 0 Å². The van der Waals surface area contributed by atoms with E-state index in [0.29, 0.717) is 34.1 Å². The van der Waals surface area contributed by atoms with Crippen LogP contribution in [0, 0.1) is 0 Å². The van der Waals surface area contributed by atoms with E-state index in [2.05, 4.69) is 4.98 Å². The maximum Gasteiger partial charge on any atom is 0.336 e. The van der Waals surface area contributed by atoms with Crippen LogP contribution in [0.1, 0.15) is 21.6 Å². The topological polar surface area (TPSA) is 95.0 Å². The summed E-state index contributed by atoms with van der Waals surface area (Å²) in [5.41, 5.74) is 1.30. The molecule has 1 aliphatic heterocycles. The van der Waals surface area contributed by atoms with Crippen LogP contribution in [0.2, 0.25) is 0 Å². The van der Waals surface area contributed by atoms with Crippen LogP contribution in [-0.2, 0) is 11.2 Å². The highest BCUT2D eigenvalue weighted by atomic mass is 16.7. The van der Waals surface area contributed by atoms with Gasteiger partial charge < -0.3 is 19.3 Å². The molecule has 0 radical (unpaired) electrons. The number of aromatic nitrogens is 1. The molecular weight excluding hydrogens is 398 g/mol. The fourth-order valence-corrected chi connectivity index (χ4v) is 3.36. The number of nitrogens with zero attached hydrogens (tertiary/aromatic N) is 1. The Labute approximate surface area is 178 Å². The van der Waals surface area contributed by atoms with Crippen LogP contribution in [0.3, 0.4) is 0 Å². The second kappa shape index (κ2) is 8.71. The molecule has 156 valence electrons. The van der Waals surface area contributed by atoms with Crippen LogP contribution in [0.5, 0.6) is 17.2 Å².